The summed E-state index contributed by atoms with van der Waals surface area (Å²) in [6.07, 6.45) is 2.13. The molecule has 1 saturated carbocycles. The highest BCUT2D eigenvalue weighted by Gasteiger charge is 2.52. The number of benzene rings is 1. The van der Waals surface area contributed by atoms with Gasteiger partial charge < -0.3 is 15.2 Å². The fourth-order valence-corrected chi connectivity index (χ4v) is 2.39. The molecule has 108 valence electrons. The maximum absolute atomic E-state index is 12.3. The molecule has 1 amide bonds. The first kappa shape index (κ1) is 14.4. The number of carbonyl (C=O) groups is 2. The van der Waals surface area contributed by atoms with Gasteiger partial charge in [-0.25, -0.2) is 0 Å². The lowest BCUT2D eigenvalue weighted by molar-refractivity contribution is -0.137. The van der Waals surface area contributed by atoms with Gasteiger partial charge in [0, 0.05) is 18.5 Å². The zero-order valence-corrected chi connectivity index (χ0v) is 11.5. The predicted octanol–water partition coefficient (Wildman–Crippen LogP) is 1.71. The van der Waals surface area contributed by atoms with Crippen molar-refractivity contribution in [2.45, 2.75) is 31.1 Å². The largest absolute Gasteiger partial charge is 0.496 e. The molecule has 0 aromatic heterocycles. The molecule has 20 heavy (non-hydrogen) atoms. The molecule has 1 fully saturated rings. The second-order valence-electron chi connectivity index (χ2n) is 5.04. The summed E-state index contributed by atoms with van der Waals surface area (Å²) in [5, 5.41) is 11.4. The van der Waals surface area contributed by atoms with Gasteiger partial charge in [-0.1, -0.05) is 18.2 Å². The van der Waals surface area contributed by atoms with E-state index < -0.39 is 11.4 Å². The van der Waals surface area contributed by atoms with Gasteiger partial charge in [-0.15, -0.1) is 0 Å². The lowest BCUT2D eigenvalue weighted by Gasteiger charge is -2.18. The van der Waals surface area contributed by atoms with E-state index in [0.717, 1.165) is 24.2 Å². The van der Waals surface area contributed by atoms with Gasteiger partial charge in [-0.3, -0.25) is 9.59 Å². The number of carboxylic acids is 1. The minimum atomic E-state index is -0.842. The molecular weight excluding hydrogens is 258 g/mol. The average molecular weight is 277 g/mol. The number of hydrogen-bond donors (Lipinski definition) is 2. The Hall–Kier alpha value is -2.04. The molecule has 0 heterocycles. The number of methoxy groups -OCH3 is 1. The van der Waals surface area contributed by atoms with Crippen LogP contribution in [0.15, 0.2) is 24.3 Å². The van der Waals surface area contributed by atoms with E-state index in [1.807, 2.05) is 24.3 Å². The van der Waals surface area contributed by atoms with E-state index >= 15 is 0 Å². The van der Waals surface area contributed by atoms with Gasteiger partial charge in [0.25, 0.3) is 0 Å². The Morgan fingerprint density at radius 1 is 1.35 bits per heavy atom. The van der Waals surface area contributed by atoms with E-state index in [0.29, 0.717) is 13.0 Å². The van der Waals surface area contributed by atoms with Crippen LogP contribution in [0.2, 0.25) is 0 Å². The molecule has 0 bridgehead atoms. The fourth-order valence-electron chi connectivity index (χ4n) is 2.39. The quantitative estimate of drug-likeness (QED) is 0.744. The maximum Gasteiger partial charge on any atom is 0.303 e. The van der Waals surface area contributed by atoms with Crippen molar-refractivity contribution in [2.24, 2.45) is 0 Å². The third-order valence-corrected chi connectivity index (χ3v) is 3.66. The van der Waals surface area contributed by atoms with Gasteiger partial charge >= 0.3 is 5.97 Å². The van der Waals surface area contributed by atoms with Crippen molar-refractivity contribution in [3.8, 4) is 5.75 Å². The normalized spacial score (nSPS) is 15.4. The lowest BCUT2D eigenvalue weighted by Crippen LogP contribution is -2.35. The highest BCUT2D eigenvalue weighted by Crippen LogP contribution is 2.51. The summed E-state index contributed by atoms with van der Waals surface area (Å²) >= 11 is 0. The standard InChI is InChI=1S/C15H19NO4/c1-20-12-6-3-2-5-11(12)15(8-9-15)14(19)16-10-4-7-13(17)18/h2-3,5-6H,4,7-10H2,1H3,(H,16,19)(H,17,18). The number of ether oxygens (including phenoxy) is 1. The first-order valence-corrected chi connectivity index (χ1v) is 6.74. The predicted molar refractivity (Wildman–Crippen MR) is 73.8 cm³/mol. The lowest BCUT2D eigenvalue weighted by atomic mass is 9.94. The van der Waals surface area contributed by atoms with E-state index in [9.17, 15) is 9.59 Å². The third-order valence-electron chi connectivity index (χ3n) is 3.66. The van der Waals surface area contributed by atoms with Crippen LogP contribution >= 0.6 is 0 Å². The Bertz CT molecular complexity index is 508. The smallest absolute Gasteiger partial charge is 0.303 e. The van der Waals surface area contributed by atoms with E-state index in [-0.39, 0.29) is 12.3 Å². The van der Waals surface area contributed by atoms with Gasteiger partial charge in [0.15, 0.2) is 0 Å². The van der Waals surface area contributed by atoms with E-state index in [1.54, 1.807) is 7.11 Å². The second kappa shape index (κ2) is 5.94. The Labute approximate surface area is 117 Å². The van der Waals surface area contributed by atoms with Crippen molar-refractivity contribution in [3.63, 3.8) is 0 Å². The Kier molecular flexibility index (Phi) is 4.27. The summed E-state index contributed by atoms with van der Waals surface area (Å²) in [6.45, 7) is 0.391. The molecule has 0 radical (unpaired) electrons. The van der Waals surface area contributed by atoms with Crippen molar-refractivity contribution < 1.29 is 19.4 Å². The molecule has 1 aromatic carbocycles. The first-order valence-electron chi connectivity index (χ1n) is 6.74. The topological polar surface area (TPSA) is 75.6 Å². The highest BCUT2D eigenvalue weighted by molar-refractivity contribution is 5.92. The number of para-hydroxylation sites is 1. The van der Waals surface area contributed by atoms with Crippen LogP contribution in [-0.4, -0.2) is 30.6 Å². The summed E-state index contributed by atoms with van der Waals surface area (Å²) in [6, 6.07) is 7.55. The van der Waals surface area contributed by atoms with Gasteiger partial charge in [0.1, 0.15) is 5.75 Å². The summed E-state index contributed by atoms with van der Waals surface area (Å²) in [5.74, 6) is -0.150. The van der Waals surface area contributed by atoms with Crippen LogP contribution in [0.3, 0.4) is 0 Å². The van der Waals surface area contributed by atoms with Crippen molar-refractivity contribution in [3.05, 3.63) is 29.8 Å². The van der Waals surface area contributed by atoms with E-state index in [2.05, 4.69) is 5.32 Å². The van der Waals surface area contributed by atoms with Crippen LogP contribution < -0.4 is 10.1 Å². The molecule has 5 heteroatoms. The number of aliphatic carboxylic acids is 1. The zero-order valence-electron chi connectivity index (χ0n) is 11.5. The summed E-state index contributed by atoms with van der Waals surface area (Å²) in [5.41, 5.74) is 0.425. The number of rotatable bonds is 7. The zero-order chi connectivity index (χ0) is 14.6. The first-order chi connectivity index (χ1) is 9.60. The Morgan fingerprint density at radius 3 is 2.65 bits per heavy atom. The number of carboxylic acid groups (broad SMARTS) is 1. The molecule has 5 nitrogen and oxygen atoms in total. The Balaban J connectivity index is 2.00. The molecule has 2 N–H and O–H groups in total. The van der Waals surface area contributed by atoms with Crippen molar-refractivity contribution in [2.75, 3.05) is 13.7 Å². The molecule has 1 aliphatic carbocycles. The minimum absolute atomic E-state index is 0.0348. The van der Waals surface area contributed by atoms with Gasteiger partial charge in [0.2, 0.25) is 5.91 Å². The van der Waals surface area contributed by atoms with Crippen LogP contribution in [-0.2, 0) is 15.0 Å². The third kappa shape index (κ3) is 2.92. The highest BCUT2D eigenvalue weighted by atomic mass is 16.5. The fraction of sp³-hybridized carbons (Fsp3) is 0.467. The minimum Gasteiger partial charge on any atom is -0.496 e. The molecule has 0 unspecified atom stereocenters. The maximum atomic E-state index is 12.3. The monoisotopic (exact) mass is 277 g/mol. The van der Waals surface area contributed by atoms with E-state index in [1.165, 1.54) is 0 Å². The van der Waals surface area contributed by atoms with E-state index in [4.69, 9.17) is 9.84 Å². The molecule has 2 rings (SSSR count). The number of carbonyl (C=O) groups excluding carboxylic acids is 1. The molecule has 0 atom stereocenters. The summed E-state index contributed by atoms with van der Waals surface area (Å²) < 4.78 is 5.32. The average Bonchev–Trinajstić information content (AvgIpc) is 3.24. The molecule has 0 saturated heterocycles. The number of hydrogen-bond acceptors (Lipinski definition) is 3. The van der Waals surface area contributed by atoms with Crippen LogP contribution in [0.25, 0.3) is 0 Å². The number of amides is 1. The van der Waals surface area contributed by atoms with Crippen LogP contribution in [0.5, 0.6) is 5.75 Å². The van der Waals surface area contributed by atoms with Crippen molar-refractivity contribution in [1.29, 1.82) is 0 Å². The molecular formula is C15H19NO4. The SMILES string of the molecule is COc1ccccc1C1(C(=O)NCCCC(=O)O)CC1. The number of nitrogens with one attached hydrogen (secondary N) is 1. The van der Waals surface area contributed by atoms with Crippen LogP contribution in [0, 0.1) is 0 Å². The molecule has 1 aliphatic rings. The molecule has 0 aliphatic heterocycles. The van der Waals surface area contributed by atoms with Crippen LogP contribution in [0.4, 0.5) is 0 Å². The Morgan fingerprint density at radius 2 is 2.05 bits per heavy atom. The van der Waals surface area contributed by atoms with Crippen molar-refractivity contribution in [1.82, 2.24) is 5.32 Å². The molecule has 1 aromatic rings. The summed E-state index contributed by atoms with van der Waals surface area (Å²) in [4.78, 5) is 22.8. The van der Waals surface area contributed by atoms with Gasteiger partial charge in [-0.2, -0.15) is 0 Å². The summed E-state index contributed by atoms with van der Waals surface area (Å²) in [7, 11) is 1.60. The second-order valence-corrected chi connectivity index (χ2v) is 5.04. The van der Waals surface area contributed by atoms with Crippen LogP contribution in [0.1, 0.15) is 31.2 Å². The van der Waals surface area contributed by atoms with Gasteiger partial charge in [0.05, 0.1) is 12.5 Å². The van der Waals surface area contributed by atoms with Crippen molar-refractivity contribution >= 4 is 11.9 Å². The van der Waals surface area contributed by atoms with Gasteiger partial charge in [-0.05, 0) is 25.3 Å². The molecule has 0 spiro atoms.